The Labute approximate surface area is 107 Å². The number of hydrogen-bond acceptors (Lipinski definition) is 2. The molecule has 0 amide bonds. The van der Waals surface area contributed by atoms with Gasteiger partial charge in [-0.3, -0.25) is 0 Å². The molecular weight excluding hydrogens is 208 g/mol. The molecule has 1 aliphatic rings. The molecular formula is C15H28N2. The van der Waals surface area contributed by atoms with Crippen molar-refractivity contribution in [2.75, 3.05) is 11.9 Å². The largest absolute Gasteiger partial charge is 0.370 e. The highest BCUT2D eigenvalue weighted by Gasteiger charge is 2.10. The van der Waals surface area contributed by atoms with Crippen molar-refractivity contribution in [3.63, 3.8) is 0 Å². The normalized spacial score (nSPS) is 13.5. The Morgan fingerprint density at radius 1 is 1.18 bits per heavy atom. The van der Waals surface area contributed by atoms with Crippen molar-refractivity contribution in [1.82, 2.24) is 4.98 Å². The number of fused-ring (bicyclic) bond motifs is 1. The Morgan fingerprint density at radius 2 is 1.88 bits per heavy atom. The number of rotatable bonds is 1. The molecule has 0 spiro atoms. The summed E-state index contributed by atoms with van der Waals surface area (Å²) in [5, 5.41) is 3.41. The summed E-state index contributed by atoms with van der Waals surface area (Å²) < 4.78 is 0. The monoisotopic (exact) mass is 236 g/mol. The van der Waals surface area contributed by atoms with E-state index in [1.54, 1.807) is 0 Å². The predicted molar refractivity (Wildman–Crippen MR) is 77.8 cm³/mol. The lowest BCUT2D eigenvalue weighted by Gasteiger charge is -2.10. The van der Waals surface area contributed by atoms with Gasteiger partial charge in [-0.15, -0.1) is 0 Å². The van der Waals surface area contributed by atoms with Gasteiger partial charge >= 0.3 is 0 Å². The lowest BCUT2D eigenvalue weighted by atomic mass is 10.1. The number of aryl methyl sites for hydroxylation is 1. The maximum atomic E-state index is 4.66. The third kappa shape index (κ3) is 4.37. The number of nitrogens with zero attached hydrogens (tertiary/aromatic N) is 1. The van der Waals surface area contributed by atoms with Crippen LogP contribution in [-0.4, -0.2) is 11.5 Å². The standard InChI is InChI=1S/C12H18N2.C2H6.CH4/c1-9(2)11-7-6-10-5-3-4-8-13-12(10)14-11;1-2;/h6-7,9H,3-5,8H2,1-2H3,(H,13,14);1-2H3;1H4. The van der Waals surface area contributed by atoms with Crippen molar-refractivity contribution >= 4 is 5.82 Å². The zero-order valence-electron chi connectivity index (χ0n) is 11.0. The molecule has 1 aromatic rings. The highest BCUT2D eigenvalue weighted by atomic mass is 15.0. The topological polar surface area (TPSA) is 24.9 Å². The maximum absolute atomic E-state index is 4.66. The minimum Gasteiger partial charge on any atom is -0.370 e. The number of anilines is 1. The van der Waals surface area contributed by atoms with Crippen LogP contribution >= 0.6 is 0 Å². The molecule has 2 heteroatoms. The molecule has 2 rings (SSSR count). The fraction of sp³-hybridized carbons (Fsp3) is 0.667. The zero-order valence-corrected chi connectivity index (χ0v) is 11.0. The van der Waals surface area contributed by atoms with Crippen LogP contribution in [0.4, 0.5) is 5.82 Å². The van der Waals surface area contributed by atoms with Gasteiger partial charge in [0.1, 0.15) is 5.82 Å². The van der Waals surface area contributed by atoms with Gasteiger partial charge in [-0.2, -0.15) is 0 Å². The minimum atomic E-state index is 0. The van der Waals surface area contributed by atoms with E-state index in [1.807, 2.05) is 13.8 Å². The van der Waals surface area contributed by atoms with Crippen LogP contribution in [-0.2, 0) is 6.42 Å². The average molecular weight is 236 g/mol. The van der Waals surface area contributed by atoms with Crippen LogP contribution in [0.2, 0.25) is 0 Å². The summed E-state index contributed by atoms with van der Waals surface area (Å²) in [4.78, 5) is 4.66. The molecule has 98 valence electrons. The Balaban J connectivity index is 0.000000811. The van der Waals surface area contributed by atoms with E-state index in [9.17, 15) is 0 Å². The molecule has 0 atom stereocenters. The second kappa shape index (κ2) is 8.10. The molecule has 0 radical (unpaired) electrons. The van der Waals surface area contributed by atoms with E-state index >= 15 is 0 Å². The molecule has 0 saturated carbocycles. The van der Waals surface area contributed by atoms with Crippen molar-refractivity contribution in [3.05, 3.63) is 23.4 Å². The van der Waals surface area contributed by atoms with Crippen LogP contribution in [0.3, 0.4) is 0 Å². The molecule has 0 fully saturated rings. The summed E-state index contributed by atoms with van der Waals surface area (Å²) in [5.41, 5.74) is 2.57. The van der Waals surface area contributed by atoms with E-state index in [1.165, 1.54) is 30.5 Å². The number of hydrogen-bond donors (Lipinski definition) is 1. The molecule has 0 aliphatic carbocycles. The van der Waals surface area contributed by atoms with E-state index in [0.29, 0.717) is 5.92 Å². The van der Waals surface area contributed by atoms with Gasteiger partial charge in [-0.05, 0) is 36.8 Å². The van der Waals surface area contributed by atoms with Crippen LogP contribution in [0.15, 0.2) is 12.1 Å². The van der Waals surface area contributed by atoms with Gasteiger partial charge < -0.3 is 5.32 Å². The fourth-order valence-electron chi connectivity index (χ4n) is 1.83. The minimum absolute atomic E-state index is 0. The summed E-state index contributed by atoms with van der Waals surface area (Å²) in [6.45, 7) is 9.44. The Morgan fingerprint density at radius 3 is 2.53 bits per heavy atom. The smallest absolute Gasteiger partial charge is 0.129 e. The SMILES string of the molecule is C.CC.CC(C)c1ccc2c(n1)NCCCC2. The quantitative estimate of drug-likeness (QED) is 0.770. The molecule has 1 aromatic heterocycles. The molecule has 2 nitrogen and oxygen atoms in total. The van der Waals surface area contributed by atoms with E-state index in [2.05, 4.69) is 36.3 Å². The maximum Gasteiger partial charge on any atom is 0.129 e. The average Bonchev–Trinajstić information content (AvgIpc) is 2.55. The molecule has 17 heavy (non-hydrogen) atoms. The van der Waals surface area contributed by atoms with Crippen LogP contribution in [0, 0.1) is 0 Å². The first-order valence-electron chi connectivity index (χ1n) is 6.51. The van der Waals surface area contributed by atoms with Crippen LogP contribution in [0.5, 0.6) is 0 Å². The second-order valence-electron chi connectivity index (χ2n) is 4.28. The Bertz CT molecular complexity index is 319. The number of nitrogens with one attached hydrogen (secondary N) is 1. The molecule has 1 N–H and O–H groups in total. The lowest BCUT2D eigenvalue weighted by Crippen LogP contribution is -2.04. The summed E-state index contributed by atoms with van der Waals surface area (Å²) >= 11 is 0. The van der Waals surface area contributed by atoms with Crippen molar-refractivity contribution in [3.8, 4) is 0 Å². The van der Waals surface area contributed by atoms with Gasteiger partial charge in [0.25, 0.3) is 0 Å². The van der Waals surface area contributed by atoms with Gasteiger partial charge in [-0.1, -0.05) is 41.2 Å². The first-order chi connectivity index (χ1) is 7.77. The highest BCUT2D eigenvalue weighted by Crippen LogP contribution is 2.22. The number of pyridine rings is 1. The second-order valence-corrected chi connectivity index (χ2v) is 4.28. The van der Waals surface area contributed by atoms with Crippen molar-refractivity contribution < 1.29 is 0 Å². The van der Waals surface area contributed by atoms with Gasteiger partial charge in [0.2, 0.25) is 0 Å². The van der Waals surface area contributed by atoms with Gasteiger partial charge in [0.05, 0.1) is 0 Å². The summed E-state index contributed by atoms with van der Waals surface area (Å²) in [7, 11) is 0. The van der Waals surface area contributed by atoms with Gasteiger partial charge in [0.15, 0.2) is 0 Å². The third-order valence-corrected chi connectivity index (χ3v) is 2.76. The van der Waals surface area contributed by atoms with Crippen molar-refractivity contribution in [1.29, 1.82) is 0 Å². The molecule has 0 unspecified atom stereocenters. The number of aromatic nitrogens is 1. The van der Waals surface area contributed by atoms with Crippen LogP contribution < -0.4 is 5.32 Å². The zero-order chi connectivity index (χ0) is 12.0. The van der Waals surface area contributed by atoms with Crippen molar-refractivity contribution in [2.45, 2.75) is 60.3 Å². The van der Waals surface area contributed by atoms with Gasteiger partial charge in [0, 0.05) is 12.2 Å². The molecule has 0 saturated heterocycles. The predicted octanol–water partition coefficient (Wildman–Crippen LogP) is 4.62. The summed E-state index contributed by atoms with van der Waals surface area (Å²) in [6.07, 6.45) is 3.71. The van der Waals surface area contributed by atoms with E-state index in [-0.39, 0.29) is 7.43 Å². The first-order valence-corrected chi connectivity index (χ1v) is 6.51. The highest BCUT2D eigenvalue weighted by molar-refractivity contribution is 5.46. The lowest BCUT2D eigenvalue weighted by molar-refractivity contribution is 0.785. The summed E-state index contributed by atoms with van der Waals surface area (Å²) in [6, 6.07) is 4.40. The first kappa shape index (κ1) is 16.0. The van der Waals surface area contributed by atoms with Gasteiger partial charge in [-0.25, -0.2) is 4.98 Å². The van der Waals surface area contributed by atoms with E-state index in [4.69, 9.17) is 0 Å². The Kier molecular flexibility index (Phi) is 7.60. The Hall–Kier alpha value is -1.05. The van der Waals surface area contributed by atoms with Crippen LogP contribution in [0.1, 0.15) is 65.1 Å². The van der Waals surface area contributed by atoms with E-state index < -0.39 is 0 Å². The van der Waals surface area contributed by atoms with Crippen molar-refractivity contribution in [2.24, 2.45) is 0 Å². The fourth-order valence-corrected chi connectivity index (χ4v) is 1.83. The molecule has 2 heterocycles. The van der Waals surface area contributed by atoms with Crippen LogP contribution in [0.25, 0.3) is 0 Å². The van der Waals surface area contributed by atoms with E-state index in [0.717, 1.165) is 12.4 Å². The third-order valence-electron chi connectivity index (χ3n) is 2.76. The molecule has 0 bridgehead atoms. The molecule has 0 aromatic carbocycles. The molecule has 1 aliphatic heterocycles. The summed E-state index contributed by atoms with van der Waals surface area (Å²) in [5.74, 6) is 1.64.